The zero-order chi connectivity index (χ0) is 22.1. The van der Waals surface area contributed by atoms with Crippen LogP contribution in [0.25, 0.3) is 0 Å². The Morgan fingerprint density at radius 1 is 1.19 bits per heavy atom. The Bertz CT molecular complexity index is 857. The lowest BCUT2D eigenvalue weighted by atomic mass is 10.2. The molecule has 1 N–H and O–H groups in total. The molecule has 2 aromatic rings. The highest BCUT2D eigenvalue weighted by Gasteiger charge is 2.12. The molecule has 2 aromatic carbocycles. The highest BCUT2D eigenvalue weighted by Crippen LogP contribution is 2.34. The van der Waals surface area contributed by atoms with Gasteiger partial charge in [-0.2, -0.15) is 0 Å². The molecular formula is C22H28BrN3O5. The molecule has 0 atom stereocenters. The number of hydrogen-bond acceptors (Lipinski definition) is 7. The largest absolute Gasteiger partial charge is 0.493 e. The SMILES string of the molecule is COc1cc(CNCCCN2CCOCC2)c(Br)cc1OCc1ccc([N+](=O)[O-])cc1. The van der Waals surface area contributed by atoms with Crippen LogP contribution in [0.2, 0.25) is 0 Å². The lowest BCUT2D eigenvalue weighted by Gasteiger charge is -2.26. The minimum absolute atomic E-state index is 0.0610. The number of benzene rings is 2. The van der Waals surface area contributed by atoms with E-state index < -0.39 is 4.92 Å². The summed E-state index contributed by atoms with van der Waals surface area (Å²) in [6.07, 6.45) is 1.09. The number of halogens is 1. The van der Waals surface area contributed by atoms with Crippen molar-refractivity contribution in [1.82, 2.24) is 10.2 Å². The number of morpholine rings is 1. The molecule has 0 aliphatic carbocycles. The van der Waals surface area contributed by atoms with Gasteiger partial charge in [0.25, 0.3) is 5.69 Å². The first-order chi connectivity index (χ1) is 15.1. The lowest BCUT2D eigenvalue weighted by molar-refractivity contribution is -0.384. The van der Waals surface area contributed by atoms with Crippen LogP contribution < -0.4 is 14.8 Å². The second-order valence-corrected chi connectivity index (χ2v) is 8.15. The van der Waals surface area contributed by atoms with Gasteiger partial charge in [0, 0.05) is 36.2 Å². The second-order valence-electron chi connectivity index (χ2n) is 7.29. The van der Waals surface area contributed by atoms with Crippen molar-refractivity contribution >= 4 is 21.6 Å². The van der Waals surface area contributed by atoms with Crippen LogP contribution in [0.4, 0.5) is 5.69 Å². The third kappa shape index (κ3) is 7.17. The summed E-state index contributed by atoms with van der Waals surface area (Å²) in [5.74, 6) is 1.26. The summed E-state index contributed by atoms with van der Waals surface area (Å²) in [4.78, 5) is 12.8. The number of ether oxygens (including phenoxy) is 3. The van der Waals surface area contributed by atoms with Crippen LogP contribution in [-0.4, -0.2) is 56.3 Å². The average Bonchev–Trinajstić information content (AvgIpc) is 2.79. The maximum Gasteiger partial charge on any atom is 0.269 e. The van der Waals surface area contributed by atoms with E-state index in [4.69, 9.17) is 14.2 Å². The van der Waals surface area contributed by atoms with E-state index in [0.29, 0.717) is 18.1 Å². The summed E-state index contributed by atoms with van der Waals surface area (Å²) in [6.45, 7) is 6.73. The third-order valence-corrected chi connectivity index (χ3v) is 5.86. The van der Waals surface area contributed by atoms with Gasteiger partial charge in [0.15, 0.2) is 11.5 Å². The van der Waals surface area contributed by atoms with Gasteiger partial charge in [-0.25, -0.2) is 0 Å². The number of nitrogens with zero attached hydrogens (tertiary/aromatic N) is 2. The molecule has 0 radical (unpaired) electrons. The van der Waals surface area contributed by atoms with Crippen molar-refractivity contribution in [3.8, 4) is 11.5 Å². The predicted octanol–water partition coefficient (Wildman–Crippen LogP) is 3.76. The van der Waals surface area contributed by atoms with Crippen LogP contribution in [0.15, 0.2) is 40.9 Å². The molecule has 8 nitrogen and oxygen atoms in total. The van der Waals surface area contributed by atoms with E-state index >= 15 is 0 Å². The third-order valence-electron chi connectivity index (χ3n) is 5.12. The van der Waals surface area contributed by atoms with E-state index in [1.54, 1.807) is 19.2 Å². The van der Waals surface area contributed by atoms with Crippen LogP contribution in [0, 0.1) is 10.1 Å². The number of nitro benzene ring substituents is 1. The Kier molecular flexibility index (Phi) is 9.08. The van der Waals surface area contributed by atoms with Gasteiger partial charge in [0.1, 0.15) is 6.61 Å². The summed E-state index contributed by atoms with van der Waals surface area (Å²) in [5, 5.41) is 14.3. The quantitative estimate of drug-likeness (QED) is 0.289. The van der Waals surface area contributed by atoms with E-state index in [9.17, 15) is 10.1 Å². The predicted molar refractivity (Wildman–Crippen MR) is 122 cm³/mol. The fourth-order valence-corrected chi connectivity index (χ4v) is 3.80. The van der Waals surface area contributed by atoms with Crippen LogP contribution in [0.1, 0.15) is 17.5 Å². The number of methoxy groups -OCH3 is 1. The Morgan fingerprint density at radius 3 is 2.61 bits per heavy atom. The smallest absolute Gasteiger partial charge is 0.269 e. The zero-order valence-corrected chi connectivity index (χ0v) is 19.2. The average molecular weight is 494 g/mol. The highest BCUT2D eigenvalue weighted by atomic mass is 79.9. The number of non-ortho nitro benzene ring substituents is 1. The molecular weight excluding hydrogens is 466 g/mol. The molecule has 0 unspecified atom stereocenters. The summed E-state index contributed by atoms with van der Waals surface area (Å²) >= 11 is 3.62. The molecule has 0 bridgehead atoms. The van der Waals surface area contributed by atoms with Crippen LogP contribution in [-0.2, 0) is 17.9 Å². The van der Waals surface area contributed by atoms with E-state index in [2.05, 4.69) is 26.1 Å². The summed E-state index contributed by atoms with van der Waals surface area (Å²) in [7, 11) is 1.61. The van der Waals surface area contributed by atoms with Gasteiger partial charge in [-0.3, -0.25) is 15.0 Å². The van der Waals surface area contributed by atoms with Crippen molar-refractivity contribution in [2.75, 3.05) is 46.5 Å². The molecule has 1 fully saturated rings. The van der Waals surface area contributed by atoms with E-state index in [1.807, 2.05) is 12.1 Å². The van der Waals surface area contributed by atoms with Gasteiger partial charge in [-0.15, -0.1) is 0 Å². The highest BCUT2D eigenvalue weighted by molar-refractivity contribution is 9.10. The Hall–Kier alpha value is -2.20. The molecule has 1 aliphatic heterocycles. The standard InChI is InChI=1S/C22H28BrN3O5/c1-29-21-13-18(15-24-7-2-8-25-9-11-30-12-10-25)20(23)14-22(21)31-16-17-3-5-19(6-4-17)26(27)28/h3-6,13-14,24H,2,7-12,15-16H2,1H3. The summed E-state index contributed by atoms with van der Waals surface area (Å²) in [6, 6.07) is 10.2. The first-order valence-corrected chi connectivity index (χ1v) is 11.1. The molecule has 31 heavy (non-hydrogen) atoms. The molecule has 3 rings (SSSR count). The second kappa shape index (κ2) is 12.0. The van der Waals surface area contributed by atoms with E-state index in [0.717, 1.165) is 68.0 Å². The topological polar surface area (TPSA) is 86.1 Å². The minimum atomic E-state index is -0.416. The van der Waals surface area contributed by atoms with Crippen molar-refractivity contribution in [2.45, 2.75) is 19.6 Å². The molecule has 1 heterocycles. The minimum Gasteiger partial charge on any atom is -0.493 e. The normalized spacial score (nSPS) is 14.4. The van der Waals surface area contributed by atoms with Gasteiger partial charge in [0.05, 0.1) is 25.2 Å². The van der Waals surface area contributed by atoms with Crippen molar-refractivity contribution in [1.29, 1.82) is 0 Å². The fraction of sp³-hybridized carbons (Fsp3) is 0.455. The van der Waals surface area contributed by atoms with Gasteiger partial charge >= 0.3 is 0 Å². The Morgan fingerprint density at radius 2 is 1.94 bits per heavy atom. The maximum atomic E-state index is 10.8. The van der Waals surface area contributed by atoms with Gasteiger partial charge in [-0.1, -0.05) is 15.9 Å². The first kappa shape index (κ1) is 23.5. The van der Waals surface area contributed by atoms with Crippen LogP contribution in [0.3, 0.4) is 0 Å². The molecule has 9 heteroatoms. The molecule has 0 amide bonds. The van der Waals surface area contributed by atoms with Crippen molar-refractivity contribution in [3.05, 3.63) is 62.1 Å². The summed E-state index contributed by atoms with van der Waals surface area (Å²) < 4.78 is 17.7. The summed E-state index contributed by atoms with van der Waals surface area (Å²) in [5.41, 5.74) is 1.99. The molecule has 0 saturated carbocycles. The first-order valence-electron chi connectivity index (χ1n) is 10.3. The van der Waals surface area contributed by atoms with Gasteiger partial charge < -0.3 is 19.5 Å². The molecule has 0 aromatic heterocycles. The maximum absolute atomic E-state index is 10.8. The van der Waals surface area contributed by atoms with Crippen molar-refractivity contribution in [2.24, 2.45) is 0 Å². The zero-order valence-electron chi connectivity index (χ0n) is 17.6. The van der Waals surface area contributed by atoms with Crippen LogP contribution >= 0.6 is 15.9 Å². The Balaban J connectivity index is 1.49. The van der Waals surface area contributed by atoms with Crippen molar-refractivity contribution in [3.63, 3.8) is 0 Å². The number of hydrogen-bond donors (Lipinski definition) is 1. The number of nitrogens with one attached hydrogen (secondary N) is 1. The Labute approximate surface area is 190 Å². The van der Waals surface area contributed by atoms with E-state index in [-0.39, 0.29) is 5.69 Å². The van der Waals surface area contributed by atoms with E-state index in [1.165, 1.54) is 12.1 Å². The van der Waals surface area contributed by atoms with Gasteiger partial charge in [-0.05, 0) is 54.9 Å². The van der Waals surface area contributed by atoms with Gasteiger partial charge in [0.2, 0.25) is 0 Å². The monoisotopic (exact) mass is 493 g/mol. The fourth-order valence-electron chi connectivity index (χ4n) is 3.34. The number of nitro groups is 1. The molecule has 1 aliphatic rings. The lowest BCUT2D eigenvalue weighted by Crippen LogP contribution is -2.37. The molecule has 1 saturated heterocycles. The van der Waals surface area contributed by atoms with Crippen LogP contribution in [0.5, 0.6) is 11.5 Å². The molecule has 168 valence electrons. The van der Waals surface area contributed by atoms with Crippen molar-refractivity contribution < 1.29 is 19.1 Å². The number of rotatable bonds is 11. The molecule has 0 spiro atoms.